The minimum absolute atomic E-state index is 0.0218. The number of hydrogen-bond donors (Lipinski definition) is 1. The van der Waals surface area contributed by atoms with Gasteiger partial charge in [0.15, 0.2) is 0 Å². The molecule has 1 aliphatic rings. The van der Waals surface area contributed by atoms with Crippen LogP contribution in [0, 0.1) is 11.8 Å². The summed E-state index contributed by atoms with van der Waals surface area (Å²) < 4.78 is 0.142. The van der Waals surface area contributed by atoms with Gasteiger partial charge in [-0.25, -0.2) is 0 Å². The van der Waals surface area contributed by atoms with Gasteiger partial charge < -0.3 is 5.32 Å². The van der Waals surface area contributed by atoms with Crippen molar-refractivity contribution < 1.29 is 14.4 Å². The molecule has 1 aliphatic heterocycles. The van der Waals surface area contributed by atoms with Gasteiger partial charge in [0.05, 0.1) is 4.05 Å². The van der Waals surface area contributed by atoms with Crippen molar-refractivity contribution in [1.82, 2.24) is 10.2 Å². The van der Waals surface area contributed by atoms with Gasteiger partial charge in [-0.05, 0) is 25.7 Å². The zero-order chi connectivity index (χ0) is 16.0. The molecule has 0 aromatic rings. The lowest BCUT2D eigenvalue weighted by Gasteiger charge is -2.16. The summed E-state index contributed by atoms with van der Waals surface area (Å²) in [5.74, 6) is 0.0607. The summed E-state index contributed by atoms with van der Waals surface area (Å²) >= 11 is 2.15. The molecule has 0 saturated carbocycles. The first-order chi connectivity index (χ1) is 9.82. The molecule has 120 valence electrons. The maximum atomic E-state index is 12.1. The molecule has 1 rings (SSSR count). The highest BCUT2D eigenvalue weighted by Crippen LogP contribution is 2.26. The number of halogens is 1. The molecule has 0 bridgehead atoms. The molecule has 0 spiro atoms. The van der Waals surface area contributed by atoms with Gasteiger partial charge in [-0.1, -0.05) is 42.9 Å². The van der Waals surface area contributed by atoms with Crippen LogP contribution in [0.25, 0.3) is 0 Å². The molecule has 6 heteroatoms. The Kier molecular flexibility index (Phi) is 7.62. The van der Waals surface area contributed by atoms with Gasteiger partial charge in [0.25, 0.3) is 0 Å². The molecule has 0 radical (unpaired) electrons. The highest BCUT2D eigenvalue weighted by Gasteiger charge is 2.39. The van der Waals surface area contributed by atoms with E-state index in [0.29, 0.717) is 19.4 Å². The van der Waals surface area contributed by atoms with Crippen LogP contribution in [0.3, 0.4) is 0 Å². The molecule has 5 nitrogen and oxygen atoms in total. The van der Waals surface area contributed by atoms with E-state index < -0.39 is 0 Å². The smallest absolute Gasteiger partial charge is 0.233 e. The molecule has 21 heavy (non-hydrogen) atoms. The molecular formula is C15H25IN2O3. The number of carbonyl (C=O) groups is 3. The minimum atomic E-state index is -0.145. The summed E-state index contributed by atoms with van der Waals surface area (Å²) in [6.07, 6.45) is 3.27. The number of amides is 3. The van der Waals surface area contributed by atoms with Crippen LogP contribution in [-0.4, -0.2) is 33.2 Å². The third kappa shape index (κ3) is 5.92. The fraction of sp³-hybridized carbons (Fsp3) is 0.800. The van der Waals surface area contributed by atoms with Crippen molar-refractivity contribution in [2.45, 2.75) is 56.9 Å². The zero-order valence-corrected chi connectivity index (χ0v) is 15.2. The molecule has 1 saturated heterocycles. The number of nitrogens with zero attached hydrogens (tertiary/aromatic N) is 1. The van der Waals surface area contributed by atoms with E-state index in [1.54, 1.807) is 0 Å². The van der Waals surface area contributed by atoms with Crippen LogP contribution < -0.4 is 5.32 Å². The van der Waals surface area contributed by atoms with Gasteiger partial charge in [0.1, 0.15) is 0 Å². The lowest BCUT2D eigenvalue weighted by atomic mass is 9.94. The molecule has 3 amide bonds. The second kappa shape index (κ2) is 8.70. The van der Waals surface area contributed by atoms with Gasteiger partial charge in [-0.3, -0.25) is 19.3 Å². The SMILES string of the molecule is CC(C)C1CC(=O)N(CCCCCC(=O)N[C@@H](C)I)C1=O. The highest BCUT2D eigenvalue weighted by atomic mass is 127. The van der Waals surface area contributed by atoms with E-state index >= 15 is 0 Å². The third-order valence-corrected chi connectivity index (χ3v) is 4.04. The van der Waals surface area contributed by atoms with Crippen molar-refractivity contribution >= 4 is 40.3 Å². The Morgan fingerprint density at radius 3 is 2.48 bits per heavy atom. The normalized spacial score (nSPS) is 20.2. The van der Waals surface area contributed by atoms with Crippen molar-refractivity contribution in [3.8, 4) is 0 Å². The van der Waals surface area contributed by atoms with Crippen LogP contribution in [0.15, 0.2) is 0 Å². The van der Waals surface area contributed by atoms with E-state index in [1.807, 2.05) is 20.8 Å². The number of imide groups is 1. The first-order valence-electron chi connectivity index (χ1n) is 7.60. The number of carbonyl (C=O) groups excluding carboxylic acids is 3. The van der Waals surface area contributed by atoms with Gasteiger partial charge in [-0.2, -0.15) is 0 Å². The number of likely N-dealkylation sites (tertiary alicyclic amines) is 1. The average Bonchev–Trinajstić information content (AvgIpc) is 2.65. The first kappa shape index (κ1) is 18.4. The summed E-state index contributed by atoms with van der Waals surface area (Å²) in [6.45, 7) is 6.37. The predicted molar refractivity (Wildman–Crippen MR) is 89.8 cm³/mol. The molecule has 0 aliphatic carbocycles. The molecule has 2 atom stereocenters. The molecule has 1 N–H and O–H groups in total. The van der Waals surface area contributed by atoms with Crippen molar-refractivity contribution in [2.24, 2.45) is 11.8 Å². The van der Waals surface area contributed by atoms with E-state index in [9.17, 15) is 14.4 Å². The summed E-state index contributed by atoms with van der Waals surface area (Å²) in [6, 6.07) is 0. The molecule has 0 aromatic carbocycles. The maximum absolute atomic E-state index is 12.1. The third-order valence-electron chi connectivity index (χ3n) is 3.73. The molecule has 1 heterocycles. The Hall–Kier alpha value is -0.660. The van der Waals surface area contributed by atoms with Gasteiger partial charge in [0.2, 0.25) is 17.7 Å². The van der Waals surface area contributed by atoms with E-state index in [-0.39, 0.29) is 33.6 Å². The van der Waals surface area contributed by atoms with Crippen molar-refractivity contribution in [3.05, 3.63) is 0 Å². The molecular weight excluding hydrogens is 383 g/mol. The van der Waals surface area contributed by atoms with Crippen LogP contribution >= 0.6 is 22.6 Å². The first-order valence-corrected chi connectivity index (χ1v) is 8.85. The predicted octanol–water partition coefficient (Wildman–Crippen LogP) is 2.48. The topological polar surface area (TPSA) is 66.5 Å². The van der Waals surface area contributed by atoms with Crippen LogP contribution in [0.1, 0.15) is 52.9 Å². The Bertz CT molecular complexity index is 396. The van der Waals surface area contributed by atoms with Crippen molar-refractivity contribution in [2.75, 3.05) is 6.54 Å². The average molecular weight is 408 g/mol. The second-order valence-electron chi connectivity index (χ2n) is 5.93. The lowest BCUT2D eigenvalue weighted by Crippen LogP contribution is -2.32. The van der Waals surface area contributed by atoms with Crippen LogP contribution in [0.5, 0.6) is 0 Å². The number of alkyl halides is 1. The minimum Gasteiger partial charge on any atom is -0.345 e. The summed E-state index contributed by atoms with van der Waals surface area (Å²) in [4.78, 5) is 36.8. The van der Waals surface area contributed by atoms with Gasteiger partial charge in [-0.15, -0.1) is 0 Å². The number of hydrogen-bond acceptors (Lipinski definition) is 3. The molecule has 1 fully saturated rings. The Morgan fingerprint density at radius 2 is 1.95 bits per heavy atom. The second-order valence-corrected chi connectivity index (χ2v) is 7.80. The number of nitrogens with one attached hydrogen (secondary N) is 1. The van der Waals surface area contributed by atoms with Crippen molar-refractivity contribution in [3.63, 3.8) is 0 Å². The van der Waals surface area contributed by atoms with E-state index in [4.69, 9.17) is 0 Å². The Morgan fingerprint density at radius 1 is 1.29 bits per heavy atom. The number of rotatable bonds is 8. The summed E-state index contributed by atoms with van der Waals surface area (Å²) in [5, 5.41) is 2.84. The Labute approximate surface area is 140 Å². The van der Waals surface area contributed by atoms with Crippen molar-refractivity contribution in [1.29, 1.82) is 0 Å². The Balaban J connectivity index is 2.23. The highest BCUT2D eigenvalue weighted by molar-refractivity contribution is 14.1. The van der Waals surface area contributed by atoms with Crippen LogP contribution in [-0.2, 0) is 14.4 Å². The van der Waals surface area contributed by atoms with Gasteiger partial charge >= 0.3 is 0 Å². The van der Waals surface area contributed by atoms with Crippen LogP contribution in [0.2, 0.25) is 0 Å². The quantitative estimate of drug-likeness (QED) is 0.221. The number of unbranched alkanes of at least 4 members (excludes halogenated alkanes) is 2. The largest absolute Gasteiger partial charge is 0.345 e. The molecule has 1 unspecified atom stereocenters. The van der Waals surface area contributed by atoms with E-state index in [1.165, 1.54) is 4.90 Å². The standard InChI is InChI=1S/C15H25IN2O3/c1-10(2)12-9-14(20)18(15(12)21)8-6-4-5-7-13(19)17-11(3)16/h10-12H,4-9H2,1-3H3,(H,17,19)/t11-,12?/m0/s1. The fourth-order valence-electron chi connectivity index (χ4n) is 2.49. The van der Waals surface area contributed by atoms with Gasteiger partial charge in [0, 0.05) is 25.3 Å². The summed E-state index contributed by atoms with van der Waals surface area (Å²) in [5.41, 5.74) is 0. The van der Waals surface area contributed by atoms with E-state index in [2.05, 4.69) is 27.9 Å². The lowest BCUT2D eigenvalue weighted by molar-refractivity contribution is -0.139. The summed E-state index contributed by atoms with van der Waals surface area (Å²) in [7, 11) is 0. The monoisotopic (exact) mass is 408 g/mol. The maximum Gasteiger partial charge on any atom is 0.233 e. The van der Waals surface area contributed by atoms with E-state index in [0.717, 1.165) is 19.3 Å². The fourth-order valence-corrected chi connectivity index (χ4v) is 2.84. The molecule has 0 aromatic heterocycles. The zero-order valence-electron chi connectivity index (χ0n) is 13.0. The van der Waals surface area contributed by atoms with Crippen LogP contribution in [0.4, 0.5) is 0 Å².